The first-order valence-electron chi connectivity index (χ1n) is 12.8. The summed E-state index contributed by atoms with van der Waals surface area (Å²) in [6.45, 7) is 4.14. The summed E-state index contributed by atoms with van der Waals surface area (Å²) in [4.78, 5) is 23.9. The average molecular weight is 533 g/mol. The van der Waals surface area contributed by atoms with E-state index in [2.05, 4.69) is 36.0 Å². The smallest absolute Gasteiger partial charge is 0.241 e. The van der Waals surface area contributed by atoms with E-state index < -0.39 is 10.0 Å². The van der Waals surface area contributed by atoms with Crippen molar-refractivity contribution >= 4 is 15.9 Å². The number of likely N-dealkylation sites (tertiary alicyclic amines) is 1. The first-order valence-corrected chi connectivity index (χ1v) is 14.3. The minimum absolute atomic E-state index is 0.158. The van der Waals surface area contributed by atoms with Gasteiger partial charge in [-0.05, 0) is 37.5 Å². The predicted octanol–water partition coefficient (Wildman–Crippen LogP) is 3.17. The Labute approximate surface area is 223 Å². The Morgan fingerprint density at radius 2 is 1.61 bits per heavy atom. The SMILES string of the molecule is Cc1ccc(S(=O)(=O)NCC(=O)N2CCC(c3nccn3Cc3nccn3Cc3ccccc3)CC2)cc1. The molecule has 2 aromatic heterocycles. The molecule has 0 unspecified atom stereocenters. The molecule has 1 amide bonds. The highest BCUT2D eigenvalue weighted by atomic mass is 32.2. The number of piperidine rings is 1. The van der Waals surface area contributed by atoms with Crippen LogP contribution in [-0.2, 0) is 27.9 Å². The Bertz CT molecular complexity index is 1470. The summed E-state index contributed by atoms with van der Waals surface area (Å²) in [5.41, 5.74) is 2.19. The molecule has 1 saturated heterocycles. The molecule has 3 heterocycles. The molecule has 5 rings (SSSR count). The van der Waals surface area contributed by atoms with Gasteiger partial charge in [0.1, 0.15) is 11.6 Å². The fraction of sp³-hybridized carbons (Fsp3) is 0.321. The molecule has 10 heteroatoms. The second kappa shape index (κ2) is 11.3. The second-order valence-electron chi connectivity index (χ2n) is 9.66. The van der Waals surface area contributed by atoms with Crippen LogP contribution in [0.5, 0.6) is 0 Å². The van der Waals surface area contributed by atoms with Gasteiger partial charge in [0.05, 0.1) is 18.0 Å². The fourth-order valence-electron chi connectivity index (χ4n) is 4.84. The van der Waals surface area contributed by atoms with Crippen molar-refractivity contribution in [2.24, 2.45) is 0 Å². The number of imidazole rings is 2. The highest BCUT2D eigenvalue weighted by Gasteiger charge is 2.27. The van der Waals surface area contributed by atoms with Crippen molar-refractivity contribution < 1.29 is 13.2 Å². The van der Waals surface area contributed by atoms with Crippen LogP contribution in [0.25, 0.3) is 0 Å². The summed E-state index contributed by atoms with van der Waals surface area (Å²) in [6.07, 6.45) is 9.16. The number of sulfonamides is 1. The zero-order valence-corrected chi connectivity index (χ0v) is 22.2. The van der Waals surface area contributed by atoms with Gasteiger partial charge in [-0.1, -0.05) is 48.0 Å². The van der Waals surface area contributed by atoms with E-state index in [-0.39, 0.29) is 23.3 Å². The Balaban J connectivity index is 1.16. The lowest BCUT2D eigenvalue weighted by Gasteiger charge is -2.32. The van der Waals surface area contributed by atoms with Crippen LogP contribution in [0.3, 0.4) is 0 Å². The van der Waals surface area contributed by atoms with Gasteiger partial charge in [-0.2, -0.15) is 0 Å². The van der Waals surface area contributed by atoms with Crippen LogP contribution in [0.4, 0.5) is 0 Å². The number of nitrogens with one attached hydrogen (secondary N) is 1. The van der Waals surface area contributed by atoms with E-state index in [0.29, 0.717) is 19.6 Å². The number of amides is 1. The van der Waals surface area contributed by atoms with Gasteiger partial charge in [0.2, 0.25) is 15.9 Å². The van der Waals surface area contributed by atoms with Gasteiger partial charge in [0, 0.05) is 50.3 Å². The molecule has 0 saturated carbocycles. The molecule has 0 bridgehead atoms. The second-order valence-corrected chi connectivity index (χ2v) is 11.4. The van der Waals surface area contributed by atoms with E-state index in [9.17, 15) is 13.2 Å². The molecule has 2 aromatic carbocycles. The molecule has 9 nitrogen and oxygen atoms in total. The van der Waals surface area contributed by atoms with Crippen LogP contribution < -0.4 is 4.72 Å². The number of nitrogens with zero attached hydrogens (tertiary/aromatic N) is 5. The van der Waals surface area contributed by atoms with E-state index >= 15 is 0 Å². The van der Waals surface area contributed by atoms with Gasteiger partial charge in [0.15, 0.2) is 0 Å². The minimum Gasteiger partial charge on any atom is -0.342 e. The number of carbonyl (C=O) groups is 1. The Morgan fingerprint density at radius 1 is 0.921 bits per heavy atom. The lowest BCUT2D eigenvalue weighted by molar-refractivity contribution is -0.131. The van der Waals surface area contributed by atoms with E-state index in [1.807, 2.05) is 49.9 Å². The molecule has 0 aliphatic carbocycles. The summed E-state index contributed by atoms with van der Waals surface area (Å²) in [5, 5.41) is 0. The molecule has 1 aliphatic heterocycles. The zero-order valence-electron chi connectivity index (χ0n) is 21.4. The van der Waals surface area contributed by atoms with Crippen LogP contribution in [-0.4, -0.2) is 58.0 Å². The number of benzene rings is 2. The Kier molecular flexibility index (Phi) is 7.71. The number of hydrogen-bond acceptors (Lipinski definition) is 5. The molecule has 1 aliphatic rings. The number of hydrogen-bond donors (Lipinski definition) is 1. The van der Waals surface area contributed by atoms with Gasteiger partial charge >= 0.3 is 0 Å². The van der Waals surface area contributed by atoms with Crippen molar-refractivity contribution in [2.45, 2.75) is 43.7 Å². The van der Waals surface area contributed by atoms with Gasteiger partial charge in [-0.3, -0.25) is 4.79 Å². The molecule has 0 spiro atoms. The summed E-state index contributed by atoms with van der Waals surface area (Å²) >= 11 is 0. The normalized spacial score (nSPS) is 14.6. The highest BCUT2D eigenvalue weighted by Crippen LogP contribution is 2.27. The van der Waals surface area contributed by atoms with Crippen molar-refractivity contribution in [3.8, 4) is 0 Å². The summed E-state index contributed by atoms with van der Waals surface area (Å²) in [7, 11) is -3.73. The summed E-state index contributed by atoms with van der Waals surface area (Å²) < 4.78 is 31.8. The van der Waals surface area contributed by atoms with E-state index in [1.165, 1.54) is 5.56 Å². The number of aromatic nitrogens is 4. The van der Waals surface area contributed by atoms with Crippen molar-refractivity contribution in [2.75, 3.05) is 19.6 Å². The van der Waals surface area contributed by atoms with Crippen molar-refractivity contribution in [3.63, 3.8) is 0 Å². The van der Waals surface area contributed by atoms with Crippen molar-refractivity contribution in [1.82, 2.24) is 28.7 Å². The lowest BCUT2D eigenvalue weighted by Crippen LogP contribution is -2.44. The van der Waals surface area contributed by atoms with Gasteiger partial charge in [0.25, 0.3) is 0 Å². The zero-order chi connectivity index (χ0) is 26.5. The monoisotopic (exact) mass is 532 g/mol. The molecular formula is C28H32N6O3S. The van der Waals surface area contributed by atoms with Crippen LogP contribution in [0.1, 0.15) is 41.5 Å². The van der Waals surface area contributed by atoms with Crippen LogP contribution in [0.15, 0.2) is 84.3 Å². The van der Waals surface area contributed by atoms with Crippen molar-refractivity contribution in [1.29, 1.82) is 0 Å². The number of aryl methyl sites for hydroxylation is 1. The average Bonchev–Trinajstić information content (AvgIpc) is 3.58. The third-order valence-electron chi connectivity index (χ3n) is 7.01. The highest BCUT2D eigenvalue weighted by molar-refractivity contribution is 7.89. The van der Waals surface area contributed by atoms with Crippen LogP contribution in [0, 0.1) is 6.92 Å². The Hall–Kier alpha value is -3.76. The first-order chi connectivity index (χ1) is 18.4. The molecule has 1 N–H and O–H groups in total. The van der Waals surface area contributed by atoms with E-state index in [1.54, 1.807) is 29.2 Å². The molecule has 198 valence electrons. The first kappa shape index (κ1) is 25.9. The Morgan fingerprint density at radius 3 is 2.34 bits per heavy atom. The maximum atomic E-state index is 12.8. The quantitative estimate of drug-likeness (QED) is 0.357. The van der Waals surface area contributed by atoms with Gasteiger partial charge < -0.3 is 14.0 Å². The van der Waals surface area contributed by atoms with E-state index in [0.717, 1.165) is 36.6 Å². The molecule has 38 heavy (non-hydrogen) atoms. The topological polar surface area (TPSA) is 102 Å². The lowest BCUT2D eigenvalue weighted by atomic mass is 9.96. The summed E-state index contributed by atoms with van der Waals surface area (Å²) in [6, 6.07) is 16.9. The molecule has 1 fully saturated rings. The number of carbonyl (C=O) groups excluding carboxylic acids is 1. The maximum Gasteiger partial charge on any atom is 0.241 e. The standard InChI is InChI=1S/C28H32N6O3S/c1-22-7-9-25(10-8-22)38(36,37)31-19-27(35)32-15-11-24(12-16-32)28-30-14-18-34(28)21-26-29-13-17-33(26)20-23-5-3-2-4-6-23/h2-10,13-14,17-18,24,31H,11-12,15-16,19-21H2,1H3. The van der Waals surface area contributed by atoms with E-state index in [4.69, 9.17) is 0 Å². The largest absolute Gasteiger partial charge is 0.342 e. The molecule has 0 atom stereocenters. The fourth-order valence-corrected chi connectivity index (χ4v) is 5.81. The number of rotatable bonds is 9. The predicted molar refractivity (Wildman–Crippen MR) is 144 cm³/mol. The van der Waals surface area contributed by atoms with Crippen LogP contribution in [0.2, 0.25) is 0 Å². The maximum absolute atomic E-state index is 12.8. The van der Waals surface area contributed by atoms with Gasteiger partial charge in [-0.25, -0.2) is 23.1 Å². The van der Waals surface area contributed by atoms with Crippen molar-refractivity contribution in [3.05, 3.63) is 102 Å². The summed E-state index contributed by atoms with van der Waals surface area (Å²) in [5.74, 6) is 1.95. The third kappa shape index (κ3) is 6.03. The molecule has 0 radical (unpaired) electrons. The molecular weight excluding hydrogens is 500 g/mol. The van der Waals surface area contributed by atoms with Gasteiger partial charge in [-0.15, -0.1) is 0 Å². The van der Waals surface area contributed by atoms with Crippen LogP contribution >= 0.6 is 0 Å². The third-order valence-corrected chi connectivity index (χ3v) is 8.43. The minimum atomic E-state index is -3.73. The molecule has 4 aromatic rings.